The van der Waals surface area contributed by atoms with Crippen LogP contribution in [-0.4, -0.2) is 7.28 Å². The molecule has 0 N–H and O–H groups in total. The van der Waals surface area contributed by atoms with Crippen molar-refractivity contribution in [3.8, 4) is 0 Å². The first-order valence-corrected chi connectivity index (χ1v) is 5.28. The van der Waals surface area contributed by atoms with E-state index in [-0.39, 0.29) is 21.1 Å². The van der Waals surface area contributed by atoms with Gasteiger partial charge in [-0.1, -0.05) is 71.2 Å². The van der Waals surface area contributed by atoms with Crippen molar-refractivity contribution in [3.05, 3.63) is 65.7 Å². The van der Waals surface area contributed by atoms with E-state index in [2.05, 4.69) is 62.7 Å². The molecule has 79 valence electrons. The summed E-state index contributed by atoms with van der Waals surface area (Å²) in [6.07, 6.45) is 1.00. The van der Waals surface area contributed by atoms with Gasteiger partial charge in [0.2, 0.25) is 0 Å². The molecule has 2 rings (SSSR count). The molecular weight excluding hydrogens is 363 g/mol. The SMILES string of the molecule is Cc1ccc(C[B]c2ccccc2)cc1.[W]. The molecule has 1 radical (unpaired) electrons. The fraction of sp³-hybridized carbons (Fsp3) is 0.143. The van der Waals surface area contributed by atoms with E-state index in [1.807, 2.05) is 6.07 Å². The van der Waals surface area contributed by atoms with Crippen molar-refractivity contribution < 1.29 is 21.1 Å². The molecule has 0 saturated carbocycles. The summed E-state index contributed by atoms with van der Waals surface area (Å²) in [5, 5.41) is 0. The van der Waals surface area contributed by atoms with Gasteiger partial charge in [0.1, 0.15) is 0 Å². The summed E-state index contributed by atoms with van der Waals surface area (Å²) in [6.45, 7) is 2.12. The second-order valence-electron chi connectivity index (χ2n) is 3.80. The molecule has 0 spiro atoms. The average Bonchev–Trinajstić information content (AvgIpc) is 2.30. The number of hydrogen-bond acceptors (Lipinski definition) is 0. The van der Waals surface area contributed by atoms with E-state index in [1.165, 1.54) is 16.6 Å². The fourth-order valence-electron chi connectivity index (χ4n) is 1.55. The maximum atomic E-state index is 2.25. The maximum Gasteiger partial charge on any atom is 0.156 e. The van der Waals surface area contributed by atoms with Gasteiger partial charge in [0, 0.05) is 21.1 Å². The summed E-state index contributed by atoms with van der Waals surface area (Å²) in [6, 6.07) is 19.2. The molecule has 0 aliphatic rings. The number of hydrogen-bond donors (Lipinski definition) is 0. The molecule has 0 heterocycles. The van der Waals surface area contributed by atoms with E-state index >= 15 is 0 Å². The van der Waals surface area contributed by atoms with Gasteiger partial charge < -0.3 is 0 Å². The smallest absolute Gasteiger partial charge is 0.0874 e. The first kappa shape index (κ1) is 13.3. The van der Waals surface area contributed by atoms with E-state index in [0.29, 0.717) is 0 Å². The third kappa shape index (κ3) is 3.98. The van der Waals surface area contributed by atoms with Gasteiger partial charge in [-0.15, -0.1) is 0 Å². The molecule has 0 bridgehead atoms. The van der Waals surface area contributed by atoms with Gasteiger partial charge in [-0.25, -0.2) is 0 Å². The van der Waals surface area contributed by atoms with Crippen LogP contribution in [0.5, 0.6) is 0 Å². The Morgan fingerprint density at radius 1 is 0.875 bits per heavy atom. The second kappa shape index (κ2) is 6.71. The van der Waals surface area contributed by atoms with Gasteiger partial charge >= 0.3 is 0 Å². The monoisotopic (exact) mass is 377 g/mol. The van der Waals surface area contributed by atoms with E-state index in [1.54, 1.807) is 0 Å². The molecule has 2 aromatic carbocycles. The molecule has 0 aliphatic heterocycles. The molecule has 0 aromatic heterocycles. The first-order chi connectivity index (χ1) is 7.34. The van der Waals surface area contributed by atoms with E-state index in [0.717, 1.165) is 6.32 Å². The quantitative estimate of drug-likeness (QED) is 0.722. The molecule has 0 fully saturated rings. The molecule has 0 nitrogen and oxygen atoms in total. The summed E-state index contributed by atoms with van der Waals surface area (Å²) < 4.78 is 0. The Kier molecular flexibility index (Phi) is 5.56. The Bertz CT molecular complexity index is 409. The Morgan fingerprint density at radius 2 is 1.50 bits per heavy atom. The average molecular weight is 377 g/mol. The third-order valence-corrected chi connectivity index (χ3v) is 2.49. The second-order valence-corrected chi connectivity index (χ2v) is 3.80. The summed E-state index contributed by atoms with van der Waals surface area (Å²) in [7, 11) is 2.25. The zero-order valence-electron chi connectivity index (χ0n) is 9.39. The summed E-state index contributed by atoms with van der Waals surface area (Å²) in [4.78, 5) is 0. The Morgan fingerprint density at radius 3 is 2.12 bits per heavy atom. The Labute approximate surface area is 113 Å². The normalized spacial score (nSPS) is 9.31. The van der Waals surface area contributed by atoms with Crippen LogP contribution in [0.1, 0.15) is 11.1 Å². The maximum absolute atomic E-state index is 2.25. The van der Waals surface area contributed by atoms with Crippen molar-refractivity contribution in [2.24, 2.45) is 0 Å². The van der Waals surface area contributed by atoms with Gasteiger partial charge in [0.15, 0.2) is 7.28 Å². The van der Waals surface area contributed by atoms with Crippen LogP contribution in [0.4, 0.5) is 0 Å². The van der Waals surface area contributed by atoms with Crippen LogP contribution in [-0.2, 0) is 27.4 Å². The molecular formula is C14H14BW. The van der Waals surface area contributed by atoms with Gasteiger partial charge in [0.05, 0.1) is 0 Å². The van der Waals surface area contributed by atoms with Crippen molar-refractivity contribution in [1.82, 2.24) is 0 Å². The largest absolute Gasteiger partial charge is 0.156 e. The predicted molar refractivity (Wildman–Crippen MR) is 66.7 cm³/mol. The summed E-state index contributed by atoms with van der Waals surface area (Å²) in [5.74, 6) is 0. The van der Waals surface area contributed by atoms with Gasteiger partial charge in [-0.3, -0.25) is 0 Å². The van der Waals surface area contributed by atoms with E-state index < -0.39 is 0 Å². The van der Waals surface area contributed by atoms with Crippen LogP contribution < -0.4 is 5.46 Å². The van der Waals surface area contributed by atoms with Crippen molar-refractivity contribution in [1.29, 1.82) is 0 Å². The van der Waals surface area contributed by atoms with Gasteiger partial charge in [-0.05, 0) is 13.2 Å². The van der Waals surface area contributed by atoms with Crippen molar-refractivity contribution in [3.63, 3.8) is 0 Å². The van der Waals surface area contributed by atoms with Crippen LogP contribution in [0.15, 0.2) is 54.6 Å². The fourth-order valence-corrected chi connectivity index (χ4v) is 1.55. The number of benzene rings is 2. The van der Waals surface area contributed by atoms with Crippen molar-refractivity contribution in [2.45, 2.75) is 13.2 Å². The van der Waals surface area contributed by atoms with Crippen LogP contribution >= 0.6 is 0 Å². The standard InChI is InChI=1S/C14H14B.W/c1-12-7-9-13(10-8-12)11-15-14-5-3-2-4-6-14;/h2-10H,11H2,1H3;. The zero-order valence-corrected chi connectivity index (χ0v) is 12.3. The summed E-state index contributed by atoms with van der Waals surface area (Å²) >= 11 is 0. The molecule has 0 atom stereocenters. The molecule has 2 aromatic rings. The van der Waals surface area contributed by atoms with Crippen LogP contribution in [0, 0.1) is 6.92 Å². The Balaban J connectivity index is 0.00000128. The van der Waals surface area contributed by atoms with Gasteiger partial charge in [0.25, 0.3) is 0 Å². The van der Waals surface area contributed by atoms with Crippen molar-refractivity contribution in [2.75, 3.05) is 0 Å². The number of rotatable bonds is 3. The van der Waals surface area contributed by atoms with Crippen LogP contribution in [0.3, 0.4) is 0 Å². The number of aryl methyl sites for hydroxylation is 1. The minimum atomic E-state index is 0. The predicted octanol–water partition coefficient (Wildman–Crippen LogP) is 2.52. The van der Waals surface area contributed by atoms with Crippen LogP contribution in [0.2, 0.25) is 0 Å². The zero-order chi connectivity index (χ0) is 10.5. The molecule has 16 heavy (non-hydrogen) atoms. The molecule has 0 saturated heterocycles. The van der Waals surface area contributed by atoms with E-state index in [9.17, 15) is 0 Å². The third-order valence-electron chi connectivity index (χ3n) is 2.49. The molecule has 0 aliphatic carbocycles. The minimum Gasteiger partial charge on any atom is -0.0874 e. The minimum absolute atomic E-state index is 0. The molecule has 0 amide bonds. The van der Waals surface area contributed by atoms with Crippen molar-refractivity contribution >= 4 is 12.7 Å². The first-order valence-electron chi connectivity index (χ1n) is 5.28. The summed E-state index contributed by atoms with van der Waals surface area (Å²) in [5.41, 5.74) is 3.97. The topological polar surface area (TPSA) is 0 Å². The molecule has 0 unspecified atom stereocenters. The van der Waals surface area contributed by atoms with Gasteiger partial charge in [-0.2, -0.15) is 0 Å². The molecule has 2 heteroatoms. The van der Waals surface area contributed by atoms with Crippen LogP contribution in [0.25, 0.3) is 0 Å². The Hall–Kier alpha value is -0.807. The van der Waals surface area contributed by atoms with E-state index in [4.69, 9.17) is 0 Å².